The average Bonchev–Trinajstić information content (AvgIpc) is 2.79. The van der Waals surface area contributed by atoms with Gasteiger partial charge in [-0.2, -0.15) is 0 Å². The molecule has 0 fully saturated rings. The Balaban J connectivity index is 1.60. The monoisotopic (exact) mass is 530 g/mol. The number of hydrogen-bond donors (Lipinski definition) is 2. The normalized spacial score (nSPS) is 12.2. The first-order chi connectivity index (χ1) is 15.7. The lowest BCUT2D eigenvalue weighted by Crippen LogP contribution is -2.26. The highest BCUT2D eigenvalue weighted by atomic mass is 79.9. The summed E-state index contributed by atoms with van der Waals surface area (Å²) in [5.74, 6) is 0.119. The minimum absolute atomic E-state index is 0.125. The zero-order valence-corrected chi connectivity index (χ0v) is 21.2. The van der Waals surface area contributed by atoms with Crippen LogP contribution in [0.4, 0.5) is 5.69 Å². The van der Waals surface area contributed by atoms with Crippen LogP contribution in [-0.2, 0) is 21.2 Å². The second-order valence-corrected chi connectivity index (χ2v) is 10.3. The van der Waals surface area contributed by atoms with Gasteiger partial charge >= 0.3 is 0 Å². The second-order valence-electron chi connectivity index (χ2n) is 7.67. The summed E-state index contributed by atoms with van der Waals surface area (Å²) in [6.45, 7) is 5.57. The van der Waals surface area contributed by atoms with Crippen LogP contribution in [0.5, 0.6) is 5.75 Å². The minimum Gasteiger partial charge on any atom is -0.484 e. The van der Waals surface area contributed by atoms with E-state index in [1.807, 2.05) is 56.3 Å². The van der Waals surface area contributed by atoms with Crippen LogP contribution in [-0.4, -0.2) is 20.9 Å². The molecule has 1 amide bonds. The number of amides is 1. The largest absolute Gasteiger partial charge is 0.484 e. The first-order valence-electron chi connectivity index (χ1n) is 10.6. The summed E-state index contributed by atoms with van der Waals surface area (Å²) in [5, 5.41) is 2.91. The molecule has 8 heteroatoms. The molecular weight excluding hydrogens is 504 g/mol. The molecule has 0 saturated heterocycles. The summed E-state index contributed by atoms with van der Waals surface area (Å²) in [4.78, 5) is 12.5. The van der Waals surface area contributed by atoms with E-state index in [9.17, 15) is 13.2 Å². The van der Waals surface area contributed by atoms with Crippen molar-refractivity contribution in [3.05, 3.63) is 87.9 Å². The number of carbonyl (C=O) groups excluding carboxylic acids is 1. The first kappa shape index (κ1) is 25.0. The number of hydrogen-bond acceptors (Lipinski definition) is 4. The summed E-state index contributed by atoms with van der Waals surface area (Å²) in [6, 6.07) is 18.9. The molecule has 33 heavy (non-hydrogen) atoms. The molecular formula is C25H27BrN2O4S. The van der Waals surface area contributed by atoms with E-state index in [4.69, 9.17) is 4.74 Å². The number of ether oxygens (including phenoxy) is 1. The van der Waals surface area contributed by atoms with E-state index in [1.165, 1.54) is 24.3 Å². The molecule has 6 nitrogen and oxygen atoms in total. The maximum absolute atomic E-state index is 12.7. The summed E-state index contributed by atoms with van der Waals surface area (Å²) >= 11 is 3.48. The zero-order chi connectivity index (χ0) is 24.0. The van der Waals surface area contributed by atoms with Crippen LogP contribution in [0.25, 0.3) is 0 Å². The molecule has 0 aliphatic heterocycles. The van der Waals surface area contributed by atoms with Crippen molar-refractivity contribution in [2.75, 3.05) is 11.9 Å². The maximum Gasteiger partial charge on any atom is 0.262 e. The van der Waals surface area contributed by atoms with Gasteiger partial charge in [0.15, 0.2) is 6.61 Å². The summed E-state index contributed by atoms with van der Waals surface area (Å²) in [7, 11) is -3.70. The van der Waals surface area contributed by atoms with Gasteiger partial charge in [-0.15, -0.1) is 0 Å². The molecule has 174 valence electrons. The number of aryl methyl sites for hydroxylation is 2. The highest BCUT2D eigenvalue weighted by Gasteiger charge is 2.18. The van der Waals surface area contributed by atoms with Crippen LogP contribution in [0.2, 0.25) is 0 Å². The number of sulfonamides is 1. The van der Waals surface area contributed by atoms with Crippen LogP contribution >= 0.6 is 15.9 Å². The Morgan fingerprint density at radius 2 is 1.73 bits per heavy atom. The number of rotatable bonds is 9. The Hall–Kier alpha value is -2.68. The van der Waals surface area contributed by atoms with Gasteiger partial charge in [0, 0.05) is 16.2 Å². The van der Waals surface area contributed by atoms with Crippen molar-refractivity contribution in [3.8, 4) is 5.75 Å². The highest BCUT2D eigenvalue weighted by molar-refractivity contribution is 9.10. The molecule has 0 radical (unpaired) electrons. The Kier molecular flexibility index (Phi) is 8.29. The van der Waals surface area contributed by atoms with E-state index < -0.39 is 10.0 Å². The Morgan fingerprint density at radius 1 is 1.06 bits per heavy atom. The molecule has 0 aliphatic carbocycles. The molecule has 3 aromatic rings. The van der Waals surface area contributed by atoms with Gasteiger partial charge in [0.05, 0.1) is 4.90 Å². The fourth-order valence-corrected chi connectivity index (χ4v) is 5.27. The molecule has 0 bridgehead atoms. The first-order valence-corrected chi connectivity index (χ1v) is 12.9. The van der Waals surface area contributed by atoms with Crippen LogP contribution < -0.4 is 14.8 Å². The third-order valence-corrected chi connectivity index (χ3v) is 7.18. The molecule has 0 unspecified atom stereocenters. The Bertz CT molecular complexity index is 1210. The Labute approximate surface area is 203 Å². The van der Waals surface area contributed by atoms with Crippen LogP contribution in [0.1, 0.15) is 36.6 Å². The van der Waals surface area contributed by atoms with Gasteiger partial charge < -0.3 is 10.1 Å². The van der Waals surface area contributed by atoms with Crippen molar-refractivity contribution < 1.29 is 17.9 Å². The average molecular weight is 531 g/mol. The summed E-state index contributed by atoms with van der Waals surface area (Å²) in [5.41, 5.74) is 3.65. The smallest absolute Gasteiger partial charge is 0.262 e. The van der Waals surface area contributed by atoms with Gasteiger partial charge in [0.25, 0.3) is 5.91 Å². The van der Waals surface area contributed by atoms with Crippen LogP contribution in [0, 0.1) is 6.92 Å². The quantitative estimate of drug-likeness (QED) is 0.389. The molecule has 0 heterocycles. The maximum atomic E-state index is 12.7. The van der Waals surface area contributed by atoms with Crippen molar-refractivity contribution in [2.45, 2.75) is 38.1 Å². The van der Waals surface area contributed by atoms with Crippen LogP contribution in [0.3, 0.4) is 0 Å². The van der Waals surface area contributed by atoms with Crippen molar-refractivity contribution in [1.29, 1.82) is 0 Å². The third kappa shape index (κ3) is 6.66. The second kappa shape index (κ2) is 11.0. The van der Waals surface area contributed by atoms with Crippen molar-refractivity contribution >= 4 is 37.5 Å². The predicted molar refractivity (Wildman–Crippen MR) is 134 cm³/mol. The standard InChI is InChI=1S/C25H27BrN2O4S/c1-4-19-15-21(26)14-17(2)25(19)27-24(29)16-32-22-10-12-23(13-11-22)33(30,31)28-18(3)20-8-6-5-7-9-20/h5-15,18,28H,4,16H2,1-3H3,(H,27,29)/t18-/m1/s1. The fraction of sp³-hybridized carbons (Fsp3) is 0.240. The van der Waals surface area contributed by atoms with Crippen LogP contribution in [0.15, 0.2) is 76.1 Å². The van der Waals surface area contributed by atoms with Gasteiger partial charge in [-0.3, -0.25) is 4.79 Å². The Morgan fingerprint density at radius 3 is 2.36 bits per heavy atom. The van der Waals surface area contributed by atoms with Gasteiger partial charge in [-0.05, 0) is 73.4 Å². The minimum atomic E-state index is -3.70. The lowest BCUT2D eigenvalue weighted by Gasteiger charge is -2.15. The van der Waals surface area contributed by atoms with Crippen molar-refractivity contribution in [2.24, 2.45) is 0 Å². The van der Waals surface area contributed by atoms with E-state index in [0.29, 0.717) is 5.75 Å². The number of anilines is 1. The third-order valence-electron chi connectivity index (χ3n) is 5.16. The van der Waals surface area contributed by atoms with E-state index in [-0.39, 0.29) is 23.5 Å². The zero-order valence-electron chi connectivity index (χ0n) is 18.8. The van der Waals surface area contributed by atoms with E-state index >= 15 is 0 Å². The molecule has 2 N–H and O–H groups in total. The number of nitrogens with one attached hydrogen (secondary N) is 2. The number of carbonyl (C=O) groups is 1. The molecule has 0 saturated carbocycles. The topological polar surface area (TPSA) is 84.5 Å². The van der Waals surface area contributed by atoms with E-state index in [1.54, 1.807) is 6.92 Å². The molecule has 0 aromatic heterocycles. The highest BCUT2D eigenvalue weighted by Crippen LogP contribution is 2.26. The van der Waals surface area contributed by atoms with Crippen molar-refractivity contribution in [3.63, 3.8) is 0 Å². The SMILES string of the molecule is CCc1cc(Br)cc(C)c1NC(=O)COc1ccc(S(=O)(=O)N[C@H](C)c2ccccc2)cc1. The van der Waals surface area contributed by atoms with Gasteiger partial charge in [0.2, 0.25) is 10.0 Å². The number of benzene rings is 3. The molecule has 1 atom stereocenters. The summed E-state index contributed by atoms with van der Waals surface area (Å²) in [6.07, 6.45) is 0.781. The van der Waals surface area contributed by atoms with E-state index in [0.717, 1.165) is 33.3 Å². The van der Waals surface area contributed by atoms with Gasteiger partial charge in [-0.1, -0.05) is 53.2 Å². The molecule has 0 spiro atoms. The number of halogens is 1. The van der Waals surface area contributed by atoms with E-state index in [2.05, 4.69) is 26.0 Å². The fourth-order valence-electron chi connectivity index (χ4n) is 3.42. The van der Waals surface area contributed by atoms with Gasteiger partial charge in [-0.25, -0.2) is 13.1 Å². The molecule has 3 rings (SSSR count). The summed E-state index contributed by atoms with van der Waals surface area (Å²) < 4.78 is 34.6. The van der Waals surface area contributed by atoms with Gasteiger partial charge in [0.1, 0.15) is 5.75 Å². The van der Waals surface area contributed by atoms with Crippen molar-refractivity contribution in [1.82, 2.24) is 4.72 Å². The predicted octanol–water partition coefficient (Wildman–Crippen LogP) is 5.38. The lowest BCUT2D eigenvalue weighted by atomic mass is 10.1. The lowest BCUT2D eigenvalue weighted by molar-refractivity contribution is -0.118. The molecule has 0 aliphatic rings. The molecule has 3 aromatic carbocycles.